The van der Waals surface area contributed by atoms with Crippen LogP contribution in [0.4, 0.5) is 4.79 Å². The van der Waals surface area contributed by atoms with Gasteiger partial charge < -0.3 is 15.0 Å². The average Bonchev–Trinajstić information content (AvgIpc) is 2.44. The summed E-state index contributed by atoms with van der Waals surface area (Å²) in [4.78, 5) is 36.1. The third-order valence-electron chi connectivity index (χ3n) is 2.61. The van der Waals surface area contributed by atoms with Gasteiger partial charge in [-0.1, -0.05) is 6.92 Å². The van der Waals surface area contributed by atoms with Crippen molar-refractivity contribution in [2.24, 2.45) is 0 Å². The number of alkyl halides is 1. The Morgan fingerprint density at radius 2 is 2.16 bits per heavy atom. The van der Waals surface area contributed by atoms with Crippen molar-refractivity contribution >= 4 is 29.4 Å². The van der Waals surface area contributed by atoms with Gasteiger partial charge in [0.05, 0.1) is 13.2 Å². The number of rotatable bonds is 4. The molecule has 1 aliphatic rings. The molecule has 1 fully saturated rings. The molecule has 1 atom stereocenters. The van der Waals surface area contributed by atoms with Crippen LogP contribution in [-0.4, -0.2) is 61.0 Å². The molecule has 19 heavy (non-hydrogen) atoms. The van der Waals surface area contributed by atoms with E-state index in [9.17, 15) is 14.4 Å². The first kappa shape index (κ1) is 15.7. The van der Waals surface area contributed by atoms with Gasteiger partial charge in [0.25, 0.3) is 0 Å². The van der Waals surface area contributed by atoms with E-state index >= 15 is 0 Å². The Morgan fingerprint density at radius 1 is 1.42 bits per heavy atom. The number of urea groups is 1. The van der Waals surface area contributed by atoms with Gasteiger partial charge in [0.1, 0.15) is 11.9 Å². The van der Waals surface area contributed by atoms with Crippen LogP contribution in [0.2, 0.25) is 0 Å². The topological polar surface area (TPSA) is 87.7 Å². The molecule has 0 spiro atoms. The predicted octanol–water partition coefficient (Wildman–Crippen LogP) is -0.312. The van der Waals surface area contributed by atoms with Gasteiger partial charge in [0.2, 0.25) is 11.8 Å². The molecule has 1 heterocycles. The molecule has 1 saturated heterocycles. The van der Waals surface area contributed by atoms with Gasteiger partial charge in [-0.25, -0.2) is 4.79 Å². The monoisotopic (exact) mass is 291 g/mol. The summed E-state index contributed by atoms with van der Waals surface area (Å²) in [5.41, 5.74) is 0. The molecule has 8 heteroatoms. The van der Waals surface area contributed by atoms with Crippen molar-refractivity contribution in [2.75, 3.05) is 32.2 Å². The zero-order valence-electron chi connectivity index (χ0n) is 10.8. The van der Waals surface area contributed by atoms with Crippen molar-refractivity contribution in [3.05, 3.63) is 0 Å². The summed E-state index contributed by atoms with van der Waals surface area (Å²) < 4.78 is 5.20. The summed E-state index contributed by atoms with van der Waals surface area (Å²) >= 11 is 5.32. The van der Waals surface area contributed by atoms with Crippen molar-refractivity contribution in [3.8, 4) is 0 Å². The molecule has 0 aromatic heterocycles. The van der Waals surface area contributed by atoms with Crippen molar-refractivity contribution in [1.82, 2.24) is 15.5 Å². The zero-order valence-corrected chi connectivity index (χ0v) is 11.5. The third-order valence-corrected chi connectivity index (χ3v) is 2.85. The molecule has 0 aromatic carbocycles. The fourth-order valence-electron chi connectivity index (χ4n) is 1.65. The van der Waals surface area contributed by atoms with Crippen LogP contribution >= 0.6 is 11.6 Å². The van der Waals surface area contributed by atoms with Gasteiger partial charge in [0.15, 0.2) is 0 Å². The van der Waals surface area contributed by atoms with Crippen LogP contribution in [0.1, 0.15) is 13.3 Å². The Labute approximate surface area is 116 Å². The Hall–Kier alpha value is -1.34. The lowest BCUT2D eigenvalue weighted by molar-refractivity contribution is -0.131. The number of nitrogens with zero attached hydrogens (tertiary/aromatic N) is 1. The van der Waals surface area contributed by atoms with E-state index in [2.05, 4.69) is 10.6 Å². The lowest BCUT2D eigenvalue weighted by atomic mass is 10.2. The van der Waals surface area contributed by atoms with Gasteiger partial charge in [-0.15, -0.1) is 11.6 Å². The van der Waals surface area contributed by atoms with E-state index in [0.29, 0.717) is 13.2 Å². The maximum absolute atomic E-state index is 11.9. The number of hydrogen-bond acceptors (Lipinski definition) is 4. The molecule has 0 saturated carbocycles. The Kier molecular flexibility index (Phi) is 6.58. The van der Waals surface area contributed by atoms with Crippen molar-refractivity contribution in [2.45, 2.75) is 19.4 Å². The quantitative estimate of drug-likeness (QED) is 0.696. The molecule has 108 valence electrons. The summed E-state index contributed by atoms with van der Waals surface area (Å²) in [7, 11) is 0. The second kappa shape index (κ2) is 7.96. The first-order valence-corrected chi connectivity index (χ1v) is 6.65. The van der Waals surface area contributed by atoms with Crippen LogP contribution in [0.5, 0.6) is 0 Å². The fraction of sp³-hybridized carbons (Fsp3) is 0.727. The highest BCUT2D eigenvalue weighted by Gasteiger charge is 2.33. The first-order chi connectivity index (χ1) is 9.10. The molecule has 0 radical (unpaired) electrons. The summed E-state index contributed by atoms with van der Waals surface area (Å²) in [6, 6.07) is -1.34. The van der Waals surface area contributed by atoms with Crippen LogP contribution < -0.4 is 10.6 Å². The summed E-state index contributed by atoms with van der Waals surface area (Å²) in [6.07, 6.45) is 0.802. The van der Waals surface area contributed by atoms with Gasteiger partial charge in [-0.3, -0.25) is 14.9 Å². The lowest BCUT2D eigenvalue weighted by Gasteiger charge is -2.34. The zero-order chi connectivity index (χ0) is 14.3. The second-order valence-corrected chi connectivity index (χ2v) is 4.33. The lowest BCUT2D eigenvalue weighted by Crippen LogP contribution is -2.59. The maximum Gasteiger partial charge on any atom is 0.324 e. The highest BCUT2D eigenvalue weighted by molar-refractivity contribution is 6.28. The Balaban J connectivity index is 2.63. The molecular weight excluding hydrogens is 274 g/mol. The van der Waals surface area contributed by atoms with Crippen molar-refractivity contribution in [3.63, 3.8) is 0 Å². The van der Waals surface area contributed by atoms with E-state index in [-0.39, 0.29) is 24.9 Å². The minimum atomic E-state index is -0.719. The number of morpholine rings is 1. The molecular formula is C11H18ClN3O4. The number of carbonyl (C=O) groups excluding carboxylic acids is 3. The van der Waals surface area contributed by atoms with Gasteiger partial charge in [0, 0.05) is 13.1 Å². The van der Waals surface area contributed by atoms with Gasteiger partial charge >= 0.3 is 6.03 Å². The summed E-state index contributed by atoms with van der Waals surface area (Å²) in [5.74, 6) is -1.18. The molecule has 1 unspecified atom stereocenters. The molecule has 1 rings (SSSR count). The molecule has 4 amide bonds. The minimum Gasteiger partial charge on any atom is -0.377 e. The van der Waals surface area contributed by atoms with E-state index < -0.39 is 18.0 Å². The van der Waals surface area contributed by atoms with Crippen LogP contribution in [0.25, 0.3) is 0 Å². The van der Waals surface area contributed by atoms with Gasteiger partial charge in [-0.2, -0.15) is 0 Å². The predicted molar refractivity (Wildman–Crippen MR) is 68.9 cm³/mol. The van der Waals surface area contributed by atoms with Crippen LogP contribution in [0.3, 0.4) is 0 Å². The standard InChI is InChI=1S/C11H18ClN3O4/c1-2-3-13-10(17)8-7-19-5-4-15(8)11(18)14-9(16)6-12/h8H,2-7H2,1H3,(H,13,17)(H,14,16,18). The van der Waals surface area contributed by atoms with E-state index in [1.165, 1.54) is 4.90 Å². The second-order valence-electron chi connectivity index (χ2n) is 4.06. The van der Waals surface area contributed by atoms with Crippen LogP contribution in [0, 0.1) is 0 Å². The van der Waals surface area contributed by atoms with Gasteiger partial charge in [-0.05, 0) is 6.42 Å². The normalized spacial score (nSPS) is 18.8. The molecule has 2 N–H and O–H groups in total. The van der Waals surface area contributed by atoms with Crippen molar-refractivity contribution < 1.29 is 19.1 Å². The van der Waals surface area contributed by atoms with Crippen molar-refractivity contribution in [1.29, 1.82) is 0 Å². The van der Waals surface area contributed by atoms with Crippen LogP contribution in [-0.2, 0) is 14.3 Å². The minimum absolute atomic E-state index is 0.123. The molecule has 0 bridgehead atoms. The molecule has 0 aliphatic carbocycles. The number of ether oxygens (including phenoxy) is 1. The number of halogens is 1. The van der Waals surface area contributed by atoms with Crippen LogP contribution in [0.15, 0.2) is 0 Å². The maximum atomic E-state index is 11.9. The molecule has 0 aromatic rings. The Bertz CT molecular complexity index is 351. The average molecular weight is 292 g/mol. The number of imide groups is 1. The Morgan fingerprint density at radius 3 is 2.79 bits per heavy atom. The smallest absolute Gasteiger partial charge is 0.324 e. The van der Waals surface area contributed by atoms with E-state index in [0.717, 1.165) is 6.42 Å². The summed E-state index contributed by atoms with van der Waals surface area (Å²) in [6.45, 7) is 3.18. The largest absolute Gasteiger partial charge is 0.377 e. The fourth-order valence-corrected chi connectivity index (χ4v) is 1.72. The third kappa shape index (κ3) is 4.68. The molecule has 1 aliphatic heterocycles. The number of carbonyl (C=O) groups is 3. The van der Waals surface area contributed by atoms with E-state index in [1.807, 2.05) is 6.92 Å². The molecule has 7 nitrogen and oxygen atoms in total. The first-order valence-electron chi connectivity index (χ1n) is 6.12. The van der Waals surface area contributed by atoms with E-state index in [4.69, 9.17) is 16.3 Å². The SMILES string of the molecule is CCCNC(=O)C1COCCN1C(=O)NC(=O)CCl. The number of nitrogens with one attached hydrogen (secondary N) is 2. The number of hydrogen-bond donors (Lipinski definition) is 2. The van der Waals surface area contributed by atoms with E-state index in [1.54, 1.807) is 0 Å². The summed E-state index contributed by atoms with van der Waals surface area (Å²) in [5, 5.41) is 4.82. The highest BCUT2D eigenvalue weighted by atomic mass is 35.5. The number of amides is 4. The highest BCUT2D eigenvalue weighted by Crippen LogP contribution is 2.07.